The molecule has 0 amide bonds. The van der Waals surface area contributed by atoms with Crippen LogP contribution in [0.1, 0.15) is 0 Å². The summed E-state index contributed by atoms with van der Waals surface area (Å²) < 4.78 is 4.16. The summed E-state index contributed by atoms with van der Waals surface area (Å²) in [6.07, 6.45) is 0. The highest BCUT2D eigenvalue weighted by Crippen LogP contribution is 1.61. The molecule has 0 fully saturated rings. The van der Waals surface area contributed by atoms with Gasteiger partial charge >= 0.3 is 0 Å². The summed E-state index contributed by atoms with van der Waals surface area (Å²) >= 11 is 0. The molecule has 0 unspecified atom stereocenters. The molecular formula is C2H5O3. The quantitative estimate of drug-likeness (QED) is 0.263. The van der Waals surface area contributed by atoms with Crippen molar-refractivity contribution in [3.8, 4) is 0 Å². The zero-order chi connectivity index (χ0) is 4.12. The number of ether oxygens (including phenoxy) is 1. The maximum absolute atomic E-state index is 8.90. The maximum Gasteiger partial charge on any atom is 0.183 e. The van der Waals surface area contributed by atoms with E-state index in [1.165, 1.54) is 7.11 Å². The van der Waals surface area contributed by atoms with Gasteiger partial charge in [0.1, 0.15) is 0 Å². The molecule has 0 bridgehead atoms. The Balaban J connectivity index is 2.19. The highest BCUT2D eigenvalue weighted by molar-refractivity contribution is 3.77. The van der Waals surface area contributed by atoms with Gasteiger partial charge in [0.05, 0.1) is 0 Å². The summed E-state index contributed by atoms with van der Waals surface area (Å²) in [7, 11) is 1.39. The third-order valence-corrected chi connectivity index (χ3v) is 0.166. The molecule has 0 aliphatic heterocycles. The molecule has 5 heavy (non-hydrogen) atoms. The monoisotopic (exact) mass is 77.0 g/mol. The highest BCUT2D eigenvalue weighted by Gasteiger charge is 1.68. The van der Waals surface area contributed by atoms with E-state index in [4.69, 9.17) is 5.26 Å². The van der Waals surface area contributed by atoms with Gasteiger partial charge in [-0.25, -0.2) is 0 Å². The Morgan fingerprint density at radius 1 is 1.80 bits per heavy atom. The van der Waals surface area contributed by atoms with Crippen LogP contribution < -0.4 is 0 Å². The smallest absolute Gasteiger partial charge is 0.183 e. The van der Waals surface area contributed by atoms with Crippen LogP contribution in [0.25, 0.3) is 0 Å². The first-order valence-electron chi connectivity index (χ1n) is 1.15. The van der Waals surface area contributed by atoms with Gasteiger partial charge in [0.15, 0.2) is 6.79 Å². The Morgan fingerprint density at radius 3 is 2.40 bits per heavy atom. The average molecular weight is 77.1 g/mol. The van der Waals surface area contributed by atoms with Crippen molar-refractivity contribution < 1.29 is 14.9 Å². The lowest BCUT2D eigenvalue weighted by molar-refractivity contribution is -0.342. The number of hydrogen-bond donors (Lipinski definition) is 0. The SMILES string of the molecule is COCO[O]. The number of hydrogen-bond acceptors (Lipinski definition) is 2. The van der Waals surface area contributed by atoms with Crippen molar-refractivity contribution in [3.63, 3.8) is 0 Å². The van der Waals surface area contributed by atoms with Gasteiger partial charge in [-0.1, -0.05) is 0 Å². The Bertz CT molecular complexity index is 12.4. The first kappa shape index (κ1) is 4.88. The molecule has 3 nitrogen and oxygen atoms in total. The second kappa shape index (κ2) is 3.88. The second-order valence-corrected chi connectivity index (χ2v) is 0.524. The van der Waals surface area contributed by atoms with Crippen molar-refractivity contribution in [1.82, 2.24) is 0 Å². The van der Waals surface area contributed by atoms with E-state index in [-0.39, 0.29) is 6.79 Å². The standard InChI is InChI=1S/C2H5O3/c1-4-2-5-3/h2H2,1H3. The topological polar surface area (TPSA) is 38.4 Å². The Morgan fingerprint density at radius 2 is 2.40 bits per heavy atom. The molecule has 1 radical (unpaired) electrons. The fraction of sp³-hybridized carbons (Fsp3) is 1.00. The van der Waals surface area contributed by atoms with Crippen LogP contribution in [0.2, 0.25) is 0 Å². The van der Waals surface area contributed by atoms with E-state index in [9.17, 15) is 0 Å². The largest absolute Gasteiger partial charge is 0.355 e. The van der Waals surface area contributed by atoms with Crippen LogP contribution in [0.4, 0.5) is 0 Å². The maximum atomic E-state index is 8.90. The zero-order valence-corrected chi connectivity index (χ0v) is 2.93. The predicted octanol–water partition coefficient (Wildman–Crippen LogP) is -0.0476. The normalized spacial score (nSPS) is 8.40. The molecule has 3 heteroatoms. The molecule has 0 aromatic heterocycles. The first-order valence-corrected chi connectivity index (χ1v) is 1.15. The summed E-state index contributed by atoms with van der Waals surface area (Å²) in [5, 5.41) is 8.90. The van der Waals surface area contributed by atoms with E-state index in [2.05, 4.69) is 9.62 Å². The molecule has 0 aromatic carbocycles. The minimum atomic E-state index is -0.167. The van der Waals surface area contributed by atoms with Crippen LogP contribution in [-0.4, -0.2) is 13.9 Å². The van der Waals surface area contributed by atoms with Crippen LogP contribution in [-0.2, 0) is 14.9 Å². The molecule has 0 aliphatic carbocycles. The number of methoxy groups -OCH3 is 1. The predicted molar refractivity (Wildman–Crippen MR) is 13.6 cm³/mol. The fourth-order valence-corrected chi connectivity index (χ4v) is 0.0481. The molecule has 0 aromatic rings. The van der Waals surface area contributed by atoms with Gasteiger partial charge in [-0.3, -0.25) is 0 Å². The molecule has 31 valence electrons. The summed E-state index contributed by atoms with van der Waals surface area (Å²) in [5.41, 5.74) is 0. The first-order chi connectivity index (χ1) is 2.41. The molecular weight excluding hydrogens is 72.0 g/mol. The average Bonchev–Trinajstić information content (AvgIpc) is 1.41. The summed E-state index contributed by atoms with van der Waals surface area (Å²) in [6.45, 7) is -0.167. The second-order valence-electron chi connectivity index (χ2n) is 0.524. The summed E-state index contributed by atoms with van der Waals surface area (Å²) in [5.74, 6) is 0. The summed E-state index contributed by atoms with van der Waals surface area (Å²) in [6, 6.07) is 0. The van der Waals surface area contributed by atoms with Gasteiger partial charge in [-0.15, -0.1) is 0 Å². The van der Waals surface area contributed by atoms with Gasteiger partial charge in [0.2, 0.25) is 0 Å². The van der Waals surface area contributed by atoms with Crippen molar-refractivity contribution in [2.45, 2.75) is 0 Å². The van der Waals surface area contributed by atoms with Crippen molar-refractivity contribution in [3.05, 3.63) is 0 Å². The van der Waals surface area contributed by atoms with Crippen LogP contribution in [0.5, 0.6) is 0 Å². The van der Waals surface area contributed by atoms with Gasteiger partial charge in [-0.2, -0.15) is 4.89 Å². The van der Waals surface area contributed by atoms with Crippen molar-refractivity contribution >= 4 is 0 Å². The molecule has 0 atom stereocenters. The fourth-order valence-electron chi connectivity index (χ4n) is 0.0481. The lowest BCUT2D eigenvalue weighted by atomic mass is 11.4. The molecule has 0 rings (SSSR count). The molecule has 0 heterocycles. The van der Waals surface area contributed by atoms with Crippen LogP contribution in [0.15, 0.2) is 0 Å². The Kier molecular flexibility index (Phi) is 3.79. The molecule has 0 saturated carbocycles. The van der Waals surface area contributed by atoms with E-state index >= 15 is 0 Å². The van der Waals surface area contributed by atoms with Gasteiger partial charge < -0.3 is 4.74 Å². The minimum Gasteiger partial charge on any atom is -0.355 e. The molecule has 0 aliphatic rings. The van der Waals surface area contributed by atoms with E-state index in [0.717, 1.165) is 0 Å². The molecule has 0 saturated heterocycles. The van der Waals surface area contributed by atoms with E-state index in [1.54, 1.807) is 0 Å². The van der Waals surface area contributed by atoms with E-state index in [0.29, 0.717) is 0 Å². The van der Waals surface area contributed by atoms with Crippen LogP contribution >= 0.6 is 0 Å². The molecule has 0 N–H and O–H groups in total. The third-order valence-electron chi connectivity index (χ3n) is 0.166. The third kappa shape index (κ3) is 3.88. The van der Waals surface area contributed by atoms with Crippen LogP contribution in [0, 0.1) is 0 Å². The van der Waals surface area contributed by atoms with Crippen molar-refractivity contribution in [1.29, 1.82) is 0 Å². The minimum absolute atomic E-state index is 0.167. The van der Waals surface area contributed by atoms with Crippen molar-refractivity contribution in [2.75, 3.05) is 13.9 Å². The Hall–Kier alpha value is -0.120. The zero-order valence-electron chi connectivity index (χ0n) is 2.93. The van der Waals surface area contributed by atoms with E-state index < -0.39 is 0 Å². The lowest BCUT2D eigenvalue weighted by Crippen LogP contribution is -1.86. The van der Waals surface area contributed by atoms with Crippen LogP contribution in [0.3, 0.4) is 0 Å². The molecule has 0 spiro atoms. The van der Waals surface area contributed by atoms with Gasteiger partial charge in [0.25, 0.3) is 0 Å². The highest BCUT2D eigenvalue weighted by atomic mass is 17.1. The van der Waals surface area contributed by atoms with E-state index in [1.807, 2.05) is 0 Å². The van der Waals surface area contributed by atoms with Crippen molar-refractivity contribution in [2.24, 2.45) is 0 Å². The van der Waals surface area contributed by atoms with Gasteiger partial charge in [-0.05, 0) is 5.26 Å². The Labute approximate surface area is 30.1 Å². The lowest BCUT2D eigenvalue weighted by Gasteiger charge is -1.82. The number of rotatable bonds is 2. The van der Waals surface area contributed by atoms with Gasteiger partial charge in [0, 0.05) is 7.11 Å². The summed E-state index contributed by atoms with van der Waals surface area (Å²) in [4.78, 5) is 3.22.